The van der Waals surface area contributed by atoms with Crippen LogP contribution in [0.15, 0.2) is 35.9 Å². The van der Waals surface area contributed by atoms with E-state index in [1.807, 2.05) is 26.0 Å². The summed E-state index contributed by atoms with van der Waals surface area (Å²) in [5, 5.41) is 3.39. The number of rotatable bonds is 6. The van der Waals surface area contributed by atoms with Crippen LogP contribution in [0.2, 0.25) is 5.02 Å². The fourth-order valence-electron chi connectivity index (χ4n) is 3.07. The predicted molar refractivity (Wildman–Crippen MR) is 116 cm³/mol. The van der Waals surface area contributed by atoms with E-state index in [4.69, 9.17) is 16.3 Å². The Morgan fingerprint density at radius 3 is 2.57 bits per heavy atom. The van der Waals surface area contributed by atoms with Crippen LogP contribution in [0.5, 0.6) is 0 Å². The number of ketones is 1. The van der Waals surface area contributed by atoms with Crippen molar-refractivity contribution in [3.05, 3.63) is 46.5 Å². The van der Waals surface area contributed by atoms with Crippen molar-refractivity contribution in [3.63, 3.8) is 0 Å². The molecule has 0 aliphatic carbocycles. The molecule has 1 aliphatic rings. The second kappa shape index (κ2) is 11.7. The molecule has 30 heavy (non-hydrogen) atoms. The molecule has 3 amide bonds. The van der Waals surface area contributed by atoms with Gasteiger partial charge in [0.1, 0.15) is 0 Å². The van der Waals surface area contributed by atoms with Gasteiger partial charge in [-0.2, -0.15) is 0 Å². The van der Waals surface area contributed by atoms with E-state index in [2.05, 4.69) is 5.32 Å². The summed E-state index contributed by atoms with van der Waals surface area (Å²) in [4.78, 5) is 41.3. The van der Waals surface area contributed by atoms with Crippen LogP contribution in [0.4, 0.5) is 4.79 Å². The highest BCUT2D eigenvalue weighted by Gasteiger charge is 2.25. The summed E-state index contributed by atoms with van der Waals surface area (Å²) < 4.78 is 4.97. The number of hydrogen-bond donors (Lipinski definition) is 1. The van der Waals surface area contributed by atoms with Crippen LogP contribution in [0.3, 0.4) is 0 Å². The first-order chi connectivity index (χ1) is 14.3. The lowest BCUT2D eigenvalue weighted by Crippen LogP contribution is -2.49. The van der Waals surface area contributed by atoms with E-state index < -0.39 is 0 Å². The Morgan fingerprint density at radius 2 is 1.93 bits per heavy atom. The van der Waals surface area contributed by atoms with Crippen LogP contribution in [0.25, 0.3) is 0 Å². The Labute approximate surface area is 183 Å². The number of halogens is 1. The molecule has 2 rings (SSSR count). The van der Waals surface area contributed by atoms with Crippen molar-refractivity contribution in [1.29, 1.82) is 0 Å². The smallest absolute Gasteiger partial charge is 0.318 e. The van der Waals surface area contributed by atoms with Crippen molar-refractivity contribution in [2.75, 3.05) is 33.5 Å². The van der Waals surface area contributed by atoms with E-state index in [0.717, 1.165) is 11.1 Å². The van der Waals surface area contributed by atoms with Gasteiger partial charge in [-0.25, -0.2) is 4.79 Å². The maximum atomic E-state index is 13.1. The maximum absolute atomic E-state index is 13.1. The van der Waals surface area contributed by atoms with Gasteiger partial charge in [-0.3, -0.25) is 9.59 Å². The number of ether oxygens (including phenoxy) is 1. The second-order valence-corrected chi connectivity index (χ2v) is 8.05. The highest BCUT2D eigenvalue weighted by molar-refractivity contribution is 6.30. The highest BCUT2D eigenvalue weighted by Crippen LogP contribution is 2.20. The lowest BCUT2D eigenvalue weighted by atomic mass is 9.97. The Kier molecular flexibility index (Phi) is 9.33. The number of nitrogens with zero attached hydrogens (tertiary/aromatic N) is 2. The van der Waals surface area contributed by atoms with Crippen LogP contribution >= 0.6 is 11.6 Å². The van der Waals surface area contributed by atoms with Gasteiger partial charge in [-0.15, -0.1) is 0 Å². The molecule has 0 saturated heterocycles. The molecule has 7 nitrogen and oxygen atoms in total. The summed E-state index contributed by atoms with van der Waals surface area (Å²) in [6, 6.07) is 6.94. The van der Waals surface area contributed by atoms with Crippen molar-refractivity contribution in [3.8, 4) is 0 Å². The Hall–Kier alpha value is -2.38. The van der Waals surface area contributed by atoms with Gasteiger partial charge in [-0.1, -0.05) is 43.2 Å². The van der Waals surface area contributed by atoms with E-state index in [-0.39, 0.29) is 49.7 Å². The van der Waals surface area contributed by atoms with Crippen LogP contribution in [-0.4, -0.2) is 61.0 Å². The summed E-state index contributed by atoms with van der Waals surface area (Å²) >= 11 is 5.97. The number of nitrogens with one attached hydrogen (secondary N) is 1. The summed E-state index contributed by atoms with van der Waals surface area (Å²) in [5.41, 5.74) is 1.72. The van der Waals surface area contributed by atoms with Gasteiger partial charge in [0, 0.05) is 44.6 Å². The monoisotopic (exact) mass is 435 g/mol. The molecule has 0 unspecified atom stereocenters. The minimum absolute atomic E-state index is 0.0765. The van der Waals surface area contributed by atoms with E-state index >= 15 is 0 Å². The average Bonchev–Trinajstić information content (AvgIpc) is 2.70. The lowest BCUT2D eigenvalue weighted by Gasteiger charge is -2.32. The largest absolute Gasteiger partial charge is 0.383 e. The minimum atomic E-state index is -0.331. The number of benzene rings is 1. The van der Waals surface area contributed by atoms with Gasteiger partial charge in [0.15, 0.2) is 5.78 Å². The van der Waals surface area contributed by atoms with Gasteiger partial charge in [0.05, 0.1) is 13.3 Å². The molecule has 8 heteroatoms. The number of allylic oxidation sites excluding steroid dienone is 1. The SMILES string of the molecule is COCCNC(=O)N1CCC(=O)C=C(C(C)C)CC(=O)N(Cc2ccc(Cl)cc2)C1. The highest BCUT2D eigenvalue weighted by atomic mass is 35.5. The quantitative estimate of drug-likeness (QED) is 0.696. The Balaban J connectivity index is 2.27. The van der Waals surface area contributed by atoms with Crippen molar-refractivity contribution in [1.82, 2.24) is 15.1 Å². The number of carbonyl (C=O) groups is 3. The van der Waals surface area contributed by atoms with Crippen LogP contribution in [-0.2, 0) is 20.9 Å². The molecule has 0 bridgehead atoms. The van der Waals surface area contributed by atoms with Crippen molar-refractivity contribution in [2.24, 2.45) is 5.92 Å². The van der Waals surface area contributed by atoms with E-state index in [1.54, 1.807) is 30.2 Å². The number of methoxy groups -OCH3 is 1. The summed E-state index contributed by atoms with van der Waals surface area (Å²) in [6.45, 7) is 5.34. The molecule has 164 valence electrons. The third-order valence-corrected chi connectivity index (χ3v) is 5.17. The van der Waals surface area contributed by atoms with Gasteiger partial charge >= 0.3 is 6.03 Å². The average molecular weight is 436 g/mol. The van der Waals surface area contributed by atoms with Crippen LogP contribution in [0.1, 0.15) is 32.3 Å². The van der Waals surface area contributed by atoms with Gasteiger partial charge in [-0.05, 0) is 29.7 Å². The zero-order chi connectivity index (χ0) is 22.1. The van der Waals surface area contributed by atoms with Gasteiger partial charge in [0.2, 0.25) is 5.91 Å². The van der Waals surface area contributed by atoms with Gasteiger partial charge in [0.25, 0.3) is 0 Å². The number of carbonyl (C=O) groups excluding carboxylic acids is 3. The van der Waals surface area contributed by atoms with E-state index in [9.17, 15) is 14.4 Å². The molecule has 0 aromatic heterocycles. The summed E-state index contributed by atoms with van der Waals surface area (Å²) in [5.74, 6) is -0.121. The molecule has 0 saturated carbocycles. The number of hydrogen-bond acceptors (Lipinski definition) is 4. The zero-order valence-corrected chi connectivity index (χ0v) is 18.6. The molecular weight excluding hydrogens is 406 g/mol. The van der Waals surface area contributed by atoms with E-state index in [1.165, 1.54) is 4.90 Å². The minimum Gasteiger partial charge on any atom is -0.383 e. The fourth-order valence-corrected chi connectivity index (χ4v) is 3.20. The molecule has 0 radical (unpaired) electrons. The normalized spacial score (nSPS) is 16.0. The van der Waals surface area contributed by atoms with Crippen LogP contribution in [0, 0.1) is 5.92 Å². The Morgan fingerprint density at radius 1 is 1.23 bits per heavy atom. The lowest BCUT2D eigenvalue weighted by molar-refractivity contribution is -0.133. The van der Waals surface area contributed by atoms with Crippen molar-refractivity contribution in [2.45, 2.75) is 33.2 Å². The molecule has 0 atom stereocenters. The maximum Gasteiger partial charge on any atom is 0.318 e. The molecule has 1 aliphatic heterocycles. The molecular formula is C22H30ClN3O4. The molecule has 0 spiro atoms. The fraction of sp³-hybridized carbons (Fsp3) is 0.500. The molecule has 1 aromatic rings. The molecule has 0 fully saturated rings. The first-order valence-electron chi connectivity index (χ1n) is 10.1. The standard InChI is InChI=1S/C22H30ClN3O4/c1-16(2)18-12-20(27)8-10-25(22(29)24-9-11-30-3)15-26(21(28)13-18)14-17-4-6-19(23)7-5-17/h4-7,12,16H,8-11,13-15H2,1-3H3,(H,24,29). The first kappa shape index (κ1) is 23.9. The zero-order valence-electron chi connectivity index (χ0n) is 17.8. The topological polar surface area (TPSA) is 79.0 Å². The van der Waals surface area contributed by atoms with Crippen LogP contribution < -0.4 is 5.32 Å². The molecule has 1 heterocycles. The van der Waals surface area contributed by atoms with Gasteiger partial charge < -0.3 is 19.9 Å². The summed E-state index contributed by atoms with van der Waals surface area (Å²) in [7, 11) is 1.56. The molecule has 1 aromatic carbocycles. The first-order valence-corrected chi connectivity index (χ1v) is 10.4. The third-order valence-electron chi connectivity index (χ3n) is 4.92. The predicted octanol–water partition coefficient (Wildman–Crippen LogP) is 3.23. The Bertz CT molecular complexity index is 777. The van der Waals surface area contributed by atoms with E-state index in [0.29, 0.717) is 24.7 Å². The molecule has 1 N–H and O–H groups in total. The third kappa shape index (κ3) is 7.46. The van der Waals surface area contributed by atoms with Crippen molar-refractivity contribution < 1.29 is 19.1 Å². The number of urea groups is 1. The second-order valence-electron chi connectivity index (χ2n) is 7.61. The van der Waals surface area contributed by atoms with Crippen molar-refractivity contribution >= 4 is 29.3 Å². The number of amides is 3. The summed E-state index contributed by atoms with van der Waals surface area (Å²) in [6.07, 6.45) is 1.92.